The molecular weight excluding hydrogens is 133 g/mol. The molecule has 0 aromatic heterocycles. The average molecular weight is 134 g/mol. The quantitative estimate of drug-likeness (QED) is 0.403. The van der Waals surface area contributed by atoms with Gasteiger partial charge in [0.2, 0.25) is 0 Å². The molecule has 0 aliphatic carbocycles. The molecule has 0 amide bonds. The Hall–Kier alpha value is 0.130. The van der Waals surface area contributed by atoms with Gasteiger partial charge in [0.25, 0.3) is 0 Å². The minimum atomic E-state index is -4.65. The summed E-state index contributed by atoms with van der Waals surface area (Å²) in [5.74, 6) is 0. The van der Waals surface area contributed by atoms with Gasteiger partial charge in [0.05, 0.1) is 0 Å². The summed E-state index contributed by atoms with van der Waals surface area (Å²) in [6, 6.07) is 0. The summed E-state index contributed by atoms with van der Waals surface area (Å²) in [5.41, 5.74) is 0. The standard InChI is InChI=1S/ClFHNO2S/c1-3-6(2,4)5/h3H. The summed E-state index contributed by atoms with van der Waals surface area (Å²) in [5, 5.41) is 0. The molecule has 1 N–H and O–H groups in total. The topological polar surface area (TPSA) is 46.2 Å². The van der Waals surface area contributed by atoms with Crippen LogP contribution < -0.4 is 4.24 Å². The van der Waals surface area contributed by atoms with Gasteiger partial charge in [-0.1, -0.05) is 8.13 Å². The SMILES string of the molecule is O=S(=O)(F)NCl. The maximum absolute atomic E-state index is 10.8. The van der Waals surface area contributed by atoms with Crippen molar-refractivity contribution < 1.29 is 12.3 Å². The van der Waals surface area contributed by atoms with E-state index in [1.165, 1.54) is 0 Å². The highest BCUT2D eigenvalue weighted by atomic mass is 35.5. The van der Waals surface area contributed by atoms with E-state index in [0.717, 1.165) is 4.24 Å². The zero-order chi connectivity index (χ0) is 5.21. The van der Waals surface area contributed by atoms with Crippen LogP contribution in [0, 0.1) is 0 Å². The Kier molecular flexibility index (Phi) is 1.76. The van der Waals surface area contributed by atoms with E-state index in [9.17, 15) is 3.89 Å². The Morgan fingerprint density at radius 2 is 1.83 bits per heavy atom. The fraction of sp³-hybridized carbons (Fsp3) is 0. The van der Waals surface area contributed by atoms with Crippen LogP contribution in [0.4, 0.5) is 3.89 Å². The van der Waals surface area contributed by atoms with E-state index in [2.05, 4.69) is 11.8 Å². The molecule has 3 nitrogen and oxygen atoms in total. The van der Waals surface area contributed by atoms with Crippen molar-refractivity contribution >= 4 is 22.2 Å². The molecule has 0 fully saturated rings. The third kappa shape index (κ3) is 4.13. The lowest BCUT2D eigenvalue weighted by molar-refractivity contribution is 0.549. The minimum absolute atomic E-state index is 0.882. The van der Waals surface area contributed by atoms with Crippen molar-refractivity contribution in [3.8, 4) is 0 Å². The highest BCUT2D eigenvalue weighted by molar-refractivity contribution is 7.85. The van der Waals surface area contributed by atoms with Crippen molar-refractivity contribution in [2.45, 2.75) is 0 Å². The summed E-state index contributed by atoms with van der Waals surface area (Å²) < 4.78 is 29.9. The monoisotopic (exact) mass is 133 g/mol. The van der Waals surface area contributed by atoms with Crippen LogP contribution in [0.2, 0.25) is 0 Å². The van der Waals surface area contributed by atoms with E-state index in [4.69, 9.17) is 8.42 Å². The third-order valence-electron chi connectivity index (χ3n) is 0.0922. The van der Waals surface area contributed by atoms with Gasteiger partial charge in [0.15, 0.2) is 0 Å². The second-order valence-corrected chi connectivity index (χ2v) is 2.01. The van der Waals surface area contributed by atoms with E-state index in [-0.39, 0.29) is 0 Å². The smallest absolute Gasteiger partial charge is 0.176 e. The molecule has 0 aromatic rings. The van der Waals surface area contributed by atoms with Gasteiger partial charge < -0.3 is 0 Å². The number of hydrogen-bond donors (Lipinski definition) is 1. The van der Waals surface area contributed by atoms with Gasteiger partial charge in [0, 0.05) is 0 Å². The fourth-order valence-corrected chi connectivity index (χ4v) is 0. The third-order valence-corrected chi connectivity index (χ3v) is 0.829. The molecule has 0 aliphatic rings. The Morgan fingerprint density at radius 3 is 1.83 bits per heavy atom. The predicted molar refractivity (Wildman–Crippen MR) is 19.0 cm³/mol. The summed E-state index contributed by atoms with van der Waals surface area (Å²) >= 11 is 4.26. The fourth-order valence-electron chi connectivity index (χ4n) is 0. The first kappa shape index (κ1) is 6.13. The van der Waals surface area contributed by atoms with Crippen LogP contribution in [-0.2, 0) is 10.4 Å². The maximum Gasteiger partial charge on any atom is 0.385 e. The molecular formula is HClFNO2S. The van der Waals surface area contributed by atoms with Crippen LogP contribution in [0.15, 0.2) is 0 Å². The molecule has 38 valence electrons. The molecule has 0 saturated carbocycles. The molecule has 0 heterocycles. The lowest BCUT2D eigenvalue weighted by Crippen LogP contribution is -2.04. The Morgan fingerprint density at radius 1 is 1.67 bits per heavy atom. The van der Waals surface area contributed by atoms with E-state index in [1.54, 1.807) is 0 Å². The van der Waals surface area contributed by atoms with Crippen molar-refractivity contribution in [2.75, 3.05) is 0 Å². The molecule has 0 radical (unpaired) electrons. The molecule has 0 saturated heterocycles. The zero-order valence-electron chi connectivity index (χ0n) is 2.48. The Labute approximate surface area is 39.6 Å². The van der Waals surface area contributed by atoms with Gasteiger partial charge >= 0.3 is 10.4 Å². The summed E-state index contributed by atoms with van der Waals surface area (Å²) in [4.78, 5) is 0. The van der Waals surface area contributed by atoms with Crippen molar-refractivity contribution in [3.63, 3.8) is 0 Å². The summed E-state index contributed by atoms with van der Waals surface area (Å²) in [6.45, 7) is 0. The van der Waals surface area contributed by atoms with Gasteiger partial charge in [-0.15, -0.1) is 0 Å². The van der Waals surface area contributed by atoms with E-state index in [0.29, 0.717) is 0 Å². The molecule has 0 bridgehead atoms. The molecule has 0 aromatic carbocycles. The van der Waals surface area contributed by atoms with Crippen molar-refractivity contribution in [1.29, 1.82) is 0 Å². The molecule has 6 heavy (non-hydrogen) atoms. The molecule has 0 unspecified atom stereocenters. The van der Waals surface area contributed by atoms with Crippen LogP contribution in [0.5, 0.6) is 0 Å². The zero-order valence-corrected chi connectivity index (χ0v) is 4.05. The molecule has 0 aliphatic heterocycles. The Bertz CT molecular complexity index is 116. The Balaban J connectivity index is 3.85. The molecule has 0 spiro atoms. The summed E-state index contributed by atoms with van der Waals surface area (Å²) in [7, 11) is -4.65. The number of rotatable bonds is 1. The van der Waals surface area contributed by atoms with E-state index >= 15 is 0 Å². The van der Waals surface area contributed by atoms with Crippen LogP contribution in [0.25, 0.3) is 0 Å². The first-order valence-corrected chi connectivity index (χ1v) is 2.64. The van der Waals surface area contributed by atoms with E-state index in [1.807, 2.05) is 0 Å². The molecule has 6 heteroatoms. The first-order valence-electron chi connectivity index (χ1n) is 0.881. The lowest BCUT2D eigenvalue weighted by atomic mass is 13.9. The van der Waals surface area contributed by atoms with Gasteiger partial charge in [-0.25, -0.2) is 0 Å². The largest absolute Gasteiger partial charge is 0.385 e. The normalized spacial score (nSPS) is 11.7. The average Bonchev–Trinajstić information content (AvgIpc) is 1.35. The highest BCUT2D eigenvalue weighted by Crippen LogP contribution is 1.81. The van der Waals surface area contributed by atoms with Crippen molar-refractivity contribution in [2.24, 2.45) is 0 Å². The number of halogens is 2. The van der Waals surface area contributed by atoms with Gasteiger partial charge in [-0.2, -0.15) is 8.42 Å². The second-order valence-electron chi connectivity index (χ2n) is 0.515. The lowest BCUT2D eigenvalue weighted by Gasteiger charge is -1.76. The van der Waals surface area contributed by atoms with Crippen LogP contribution in [-0.4, -0.2) is 8.42 Å². The maximum atomic E-state index is 10.8. The highest BCUT2D eigenvalue weighted by Gasteiger charge is 1.98. The van der Waals surface area contributed by atoms with Crippen molar-refractivity contribution in [1.82, 2.24) is 4.24 Å². The molecule has 0 rings (SSSR count). The number of nitrogens with one attached hydrogen (secondary N) is 1. The van der Waals surface area contributed by atoms with Gasteiger partial charge in [-0.3, -0.25) is 0 Å². The number of hydrogen-bond acceptors (Lipinski definition) is 2. The predicted octanol–water partition coefficient (Wildman–Crippen LogP) is -0.0559. The van der Waals surface area contributed by atoms with Crippen LogP contribution in [0.3, 0.4) is 0 Å². The van der Waals surface area contributed by atoms with Crippen LogP contribution >= 0.6 is 11.8 Å². The second kappa shape index (κ2) is 1.72. The van der Waals surface area contributed by atoms with E-state index < -0.39 is 10.4 Å². The van der Waals surface area contributed by atoms with Gasteiger partial charge in [0.1, 0.15) is 0 Å². The van der Waals surface area contributed by atoms with Crippen LogP contribution in [0.1, 0.15) is 0 Å². The molecule has 0 atom stereocenters. The van der Waals surface area contributed by atoms with Gasteiger partial charge in [-0.05, 0) is 11.8 Å². The van der Waals surface area contributed by atoms with Crippen molar-refractivity contribution in [3.05, 3.63) is 0 Å². The summed E-state index contributed by atoms with van der Waals surface area (Å²) in [6.07, 6.45) is 0. The minimum Gasteiger partial charge on any atom is -0.176 e. The first-order chi connectivity index (χ1) is 2.56.